The lowest BCUT2D eigenvalue weighted by molar-refractivity contribution is -0.350. The maximum absolute atomic E-state index is 11.8. The largest absolute Gasteiger partial charge is 0.458 e. The molecule has 0 aromatic heterocycles. The Morgan fingerprint density at radius 3 is 2.78 bits per heavy atom. The second kappa shape index (κ2) is 5.84. The van der Waals surface area contributed by atoms with Crippen LogP contribution in [-0.2, 0) is 19.0 Å². The molecule has 0 aromatic rings. The van der Waals surface area contributed by atoms with E-state index in [1.54, 1.807) is 0 Å². The quantitative estimate of drug-likeness (QED) is 0.586. The van der Waals surface area contributed by atoms with Gasteiger partial charge in [-0.25, -0.2) is 4.79 Å². The van der Waals surface area contributed by atoms with Gasteiger partial charge in [0.05, 0.1) is 0 Å². The summed E-state index contributed by atoms with van der Waals surface area (Å²) in [7, 11) is 0. The number of ether oxygens (including phenoxy) is 3. The molecule has 2 aliphatic heterocycles. The van der Waals surface area contributed by atoms with Gasteiger partial charge in [-0.3, -0.25) is 0 Å². The number of aliphatic hydroxyl groups is 2. The van der Waals surface area contributed by atoms with Crippen LogP contribution in [-0.4, -0.2) is 47.6 Å². The summed E-state index contributed by atoms with van der Waals surface area (Å²) < 4.78 is 16.4. The van der Waals surface area contributed by atoms with Crippen molar-refractivity contribution in [3.05, 3.63) is 12.2 Å². The summed E-state index contributed by atoms with van der Waals surface area (Å²) in [5, 5.41) is 21.4. The van der Waals surface area contributed by atoms with Crippen LogP contribution in [0.2, 0.25) is 0 Å². The molecule has 8 unspecified atom stereocenters. The molecule has 1 saturated carbocycles. The molecule has 6 nitrogen and oxygen atoms in total. The minimum absolute atomic E-state index is 0.0465. The molecule has 2 N–H and O–H groups in total. The first-order chi connectivity index (χ1) is 10.8. The summed E-state index contributed by atoms with van der Waals surface area (Å²) in [5.41, 5.74) is -0.235. The van der Waals surface area contributed by atoms with Gasteiger partial charge >= 0.3 is 5.97 Å². The third kappa shape index (κ3) is 2.52. The molecular weight excluding hydrogens is 300 g/mol. The third-order valence-corrected chi connectivity index (χ3v) is 5.86. The molecule has 0 radical (unpaired) electrons. The van der Waals surface area contributed by atoms with Crippen LogP contribution in [0.1, 0.15) is 33.6 Å². The van der Waals surface area contributed by atoms with E-state index >= 15 is 0 Å². The van der Waals surface area contributed by atoms with Crippen molar-refractivity contribution in [1.29, 1.82) is 0 Å². The van der Waals surface area contributed by atoms with Crippen LogP contribution in [0.15, 0.2) is 12.2 Å². The monoisotopic (exact) mass is 326 g/mol. The van der Waals surface area contributed by atoms with E-state index in [0.29, 0.717) is 25.0 Å². The Bertz CT molecular complexity index is 505. The standard InChI is InChI=1S/C17H26O6/c1-5-21-15-13(18)12-8(2)6-11-10(9(3)14(19)22-11)7-17(12,4)16(20)23-15/h8,10-13,15-16,18,20H,3,5-7H2,1-2,4H3. The van der Waals surface area contributed by atoms with Crippen LogP contribution in [0.3, 0.4) is 0 Å². The normalized spacial score (nSPS) is 50.0. The van der Waals surface area contributed by atoms with Gasteiger partial charge in [0.25, 0.3) is 0 Å². The van der Waals surface area contributed by atoms with Crippen molar-refractivity contribution in [1.82, 2.24) is 0 Å². The van der Waals surface area contributed by atoms with Crippen molar-refractivity contribution in [3.8, 4) is 0 Å². The Kier molecular flexibility index (Phi) is 4.29. The van der Waals surface area contributed by atoms with Gasteiger partial charge in [0.2, 0.25) is 0 Å². The maximum Gasteiger partial charge on any atom is 0.334 e. The van der Waals surface area contributed by atoms with Gasteiger partial charge in [-0.05, 0) is 25.7 Å². The predicted octanol–water partition coefficient (Wildman–Crippen LogP) is 1.21. The Labute approximate surface area is 136 Å². The lowest BCUT2D eigenvalue weighted by atomic mass is 9.64. The number of hydrogen-bond acceptors (Lipinski definition) is 6. The average molecular weight is 326 g/mol. The van der Waals surface area contributed by atoms with Gasteiger partial charge in [-0.2, -0.15) is 0 Å². The first-order valence-corrected chi connectivity index (χ1v) is 8.32. The zero-order valence-electron chi connectivity index (χ0n) is 13.9. The number of rotatable bonds is 2. The third-order valence-electron chi connectivity index (χ3n) is 5.86. The molecule has 2 saturated heterocycles. The lowest BCUT2D eigenvalue weighted by Gasteiger charge is -2.51. The van der Waals surface area contributed by atoms with Gasteiger partial charge < -0.3 is 24.4 Å². The molecular formula is C17H26O6. The second-order valence-corrected chi connectivity index (χ2v) is 7.33. The van der Waals surface area contributed by atoms with Gasteiger partial charge in [0.1, 0.15) is 12.2 Å². The Balaban J connectivity index is 1.95. The number of hydrogen-bond donors (Lipinski definition) is 2. The molecule has 3 rings (SSSR count). The van der Waals surface area contributed by atoms with Crippen molar-refractivity contribution in [2.75, 3.05) is 6.61 Å². The summed E-state index contributed by atoms with van der Waals surface area (Å²) in [6, 6.07) is 0. The van der Waals surface area contributed by atoms with E-state index in [1.165, 1.54) is 0 Å². The second-order valence-electron chi connectivity index (χ2n) is 7.33. The van der Waals surface area contributed by atoms with E-state index in [2.05, 4.69) is 6.58 Å². The van der Waals surface area contributed by atoms with Gasteiger partial charge in [-0.1, -0.05) is 20.4 Å². The molecule has 23 heavy (non-hydrogen) atoms. The first-order valence-electron chi connectivity index (χ1n) is 8.32. The van der Waals surface area contributed by atoms with Crippen LogP contribution >= 0.6 is 0 Å². The number of aliphatic hydroxyl groups excluding tert-OH is 2. The SMILES string of the molecule is C=C1C(=O)OC2CC(C)C3C(O)C(OCC)OC(O)C3(C)CC12. The summed E-state index contributed by atoms with van der Waals surface area (Å²) in [6.07, 6.45) is -1.85. The van der Waals surface area contributed by atoms with Crippen LogP contribution in [0, 0.1) is 23.2 Å². The fourth-order valence-electron chi connectivity index (χ4n) is 4.74. The topological polar surface area (TPSA) is 85.2 Å². The van der Waals surface area contributed by atoms with Crippen LogP contribution in [0.5, 0.6) is 0 Å². The van der Waals surface area contributed by atoms with Gasteiger partial charge in [0, 0.05) is 29.4 Å². The van der Waals surface area contributed by atoms with E-state index in [1.807, 2.05) is 20.8 Å². The van der Waals surface area contributed by atoms with Crippen LogP contribution < -0.4 is 0 Å². The summed E-state index contributed by atoms with van der Waals surface area (Å²) in [4.78, 5) is 11.8. The molecule has 0 bridgehead atoms. The highest BCUT2D eigenvalue weighted by atomic mass is 16.7. The minimum atomic E-state index is -1.07. The summed E-state index contributed by atoms with van der Waals surface area (Å²) in [6.45, 7) is 10.00. The van der Waals surface area contributed by atoms with Crippen LogP contribution in [0.4, 0.5) is 0 Å². The molecule has 2 heterocycles. The highest BCUT2D eigenvalue weighted by molar-refractivity contribution is 5.90. The number of esters is 1. The number of fused-ring (bicyclic) bond motifs is 2. The highest BCUT2D eigenvalue weighted by Crippen LogP contribution is 2.55. The Hall–Kier alpha value is -0.950. The zero-order chi connectivity index (χ0) is 16.9. The van der Waals surface area contributed by atoms with Crippen molar-refractivity contribution in [2.45, 2.75) is 58.4 Å². The first kappa shape index (κ1) is 16.9. The highest BCUT2D eigenvalue weighted by Gasteiger charge is 2.59. The van der Waals surface area contributed by atoms with Gasteiger partial charge in [0.15, 0.2) is 12.6 Å². The van der Waals surface area contributed by atoms with Crippen LogP contribution in [0.25, 0.3) is 0 Å². The lowest BCUT2D eigenvalue weighted by Crippen LogP contribution is -2.59. The molecule has 0 aromatic carbocycles. The molecule has 6 heteroatoms. The molecule has 0 spiro atoms. The van der Waals surface area contributed by atoms with E-state index in [4.69, 9.17) is 14.2 Å². The molecule has 8 atom stereocenters. The summed E-state index contributed by atoms with van der Waals surface area (Å²) >= 11 is 0. The molecule has 0 amide bonds. The van der Waals surface area contributed by atoms with E-state index < -0.39 is 24.1 Å². The number of carbonyl (C=O) groups is 1. The number of carbonyl (C=O) groups excluding carboxylic acids is 1. The Morgan fingerprint density at radius 1 is 1.43 bits per heavy atom. The molecule has 130 valence electrons. The van der Waals surface area contributed by atoms with Crippen molar-refractivity contribution in [2.24, 2.45) is 23.2 Å². The summed E-state index contributed by atoms with van der Waals surface area (Å²) in [5.74, 6) is -0.660. The van der Waals surface area contributed by atoms with Crippen molar-refractivity contribution >= 4 is 5.97 Å². The van der Waals surface area contributed by atoms with E-state index in [0.717, 1.165) is 0 Å². The maximum atomic E-state index is 11.8. The van der Waals surface area contributed by atoms with E-state index in [9.17, 15) is 15.0 Å². The zero-order valence-corrected chi connectivity index (χ0v) is 13.9. The van der Waals surface area contributed by atoms with Crippen molar-refractivity contribution in [3.63, 3.8) is 0 Å². The molecule has 1 aliphatic carbocycles. The van der Waals surface area contributed by atoms with Crippen molar-refractivity contribution < 1.29 is 29.2 Å². The smallest absolute Gasteiger partial charge is 0.334 e. The fraction of sp³-hybridized carbons (Fsp3) is 0.824. The average Bonchev–Trinajstić information content (AvgIpc) is 2.66. The molecule has 3 aliphatic rings. The van der Waals surface area contributed by atoms with E-state index in [-0.39, 0.29) is 29.8 Å². The fourth-order valence-corrected chi connectivity index (χ4v) is 4.74. The Morgan fingerprint density at radius 2 is 2.13 bits per heavy atom. The minimum Gasteiger partial charge on any atom is -0.458 e. The molecule has 3 fully saturated rings. The van der Waals surface area contributed by atoms with Gasteiger partial charge in [-0.15, -0.1) is 0 Å². The predicted molar refractivity (Wildman–Crippen MR) is 81.0 cm³/mol.